The van der Waals surface area contributed by atoms with Gasteiger partial charge in [-0.25, -0.2) is 4.68 Å². The molecule has 0 radical (unpaired) electrons. The van der Waals surface area contributed by atoms with E-state index in [1.807, 2.05) is 0 Å². The quantitative estimate of drug-likeness (QED) is 0.555. The maximum Gasteiger partial charge on any atom is 0.282 e. The van der Waals surface area contributed by atoms with E-state index in [0.717, 1.165) is 0 Å². The monoisotopic (exact) mass is 497 g/mol. The van der Waals surface area contributed by atoms with Gasteiger partial charge in [-0.3, -0.25) is 9.59 Å². The highest BCUT2D eigenvalue weighted by atomic mass is 79.9. The molecule has 1 amide bonds. The third-order valence-electron chi connectivity index (χ3n) is 3.44. The minimum atomic E-state index is -0.349. The van der Waals surface area contributed by atoms with Crippen molar-refractivity contribution in [3.63, 3.8) is 0 Å². The highest BCUT2D eigenvalue weighted by Crippen LogP contribution is 2.23. The van der Waals surface area contributed by atoms with Crippen LogP contribution in [-0.2, 0) is 17.8 Å². The van der Waals surface area contributed by atoms with Crippen molar-refractivity contribution in [1.29, 1.82) is 0 Å². The number of nitrogens with one attached hydrogen (secondary N) is 1. The van der Waals surface area contributed by atoms with E-state index in [0.29, 0.717) is 20.4 Å². The van der Waals surface area contributed by atoms with Crippen LogP contribution >= 0.6 is 31.9 Å². The van der Waals surface area contributed by atoms with Gasteiger partial charge in [0.05, 0.1) is 29.9 Å². The zero-order valence-corrected chi connectivity index (χ0v) is 17.2. The lowest BCUT2D eigenvalue weighted by Gasteiger charge is -2.08. The number of amides is 1. The van der Waals surface area contributed by atoms with Crippen molar-refractivity contribution in [2.45, 2.75) is 13.0 Å². The van der Waals surface area contributed by atoms with Crippen LogP contribution in [0.3, 0.4) is 0 Å². The van der Waals surface area contributed by atoms with E-state index in [9.17, 15) is 9.59 Å². The lowest BCUT2D eigenvalue weighted by Crippen LogP contribution is -2.24. The number of carbonyl (C=O) groups is 1. The number of nitrogens with zero attached hydrogens (tertiary/aromatic N) is 4. The summed E-state index contributed by atoms with van der Waals surface area (Å²) >= 11 is 6.38. The molecule has 0 saturated heterocycles. The van der Waals surface area contributed by atoms with Gasteiger partial charge in [0.1, 0.15) is 16.8 Å². The SMILES string of the molecule is COc1ccccc1NC(=O)Cc1noc(Cn2ncc(Br)c(Br)c2=O)n1. The number of aromatic nitrogens is 4. The first-order valence-corrected chi connectivity index (χ1v) is 9.22. The number of benzene rings is 1. The molecule has 0 fully saturated rings. The second kappa shape index (κ2) is 8.44. The summed E-state index contributed by atoms with van der Waals surface area (Å²) in [6.07, 6.45) is 1.39. The number of hydrogen-bond donors (Lipinski definition) is 1. The van der Waals surface area contributed by atoms with Gasteiger partial charge in [-0.05, 0) is 44.0 Å². The number of hydrogen-bond acceptors (Lipinski definition) is 7. The van der Waals surface area contributed by atoms with Gasteiger partial charge in [-0.15, -0.1) is 0 Å². The van der Waals surface area contributed by atoms with Crippen LogP contribution < -0.4 is 15.6 Å². The summed E-state index contributed by atoms with van der Waals surface area (Å²) in [5.74, 6) is 0.583. The standard InChI is InChI=1S/C16H13Br2N5O4/c1-26-11-5-3-2-4-10(11)20-13(24)6-12-21-14(27-22-12)8-23-16(25)15(18)9(17)7-19-23/h2-5,7H,6,8H2,1H3,(H,20,24). The first-order valence-electron chi connectivity index (χ1n) is 7.63. The largest absolute Gasteiger partial charge is 0.495 e. The van der Waals surface area contributed by atoms with Crippen LogP contribution in [0, 0.1) is 0 Å². The molecule has 27 heavy (non-hydrogen) atoms. The number of methoxy groups -OCH3 is 1. The van der Waals surface area contributed by atoms with Crippen molar-refractivity contribution in [2.24, 2.45) is 0 Å². The molecule has 1 N–H and O–H groups in total. The molecule has 0 spiro atoms. The Morgan fingerprint density at radius 1 is 1.33 bits per heavy atom. The molecule has 1 aromatic carbocycles. The Morgan fingerprint density at radius 3 is 2.89 bits per heavy atom. The molecule has 3 rings (SSSR count). The first kappa shape index (κ1) is 19.2. The van der Waals surface area contributed by atoms with Crippen molar-refractivity contribution >= 4 is 43.5 Å². The number of anilines is 1. The number of ether oxygens (including phenoxy) is 1. The predicted molar refractivity (Wildman–Crippen MR) is 103 cm³/mol. The molecule has 0 bridgehead atoms. The van der Waals surface area contributed by atoms with E-state index in [1.54, 1.807) is 24.3 Å². The molecule has 0 unspecified atom stereocenters. The van der Waals surface area contributed by atoms with Gasteiger partial charge in [-0.2, -0.15) is 10.1 Å². The molecule has 9 nitrogen and oxygen atoms in total. The highest BCUT2D eigenvalue weighted by Gasteiger charge is 2.15. The van der Waals surface area contributed by atoms with Crippen LogP contribution in [-0.4, -0.2) is 32.9 Å². The number of para-hydroxylation sites is 2. The second-order valence-corrected chi connectivity index (χ2v) is 6.95. The summed E-state index contributed by atoms with van der Waals surface area (Å²) < 4.78 is 12.3. The van der Waals surface area contributed by atoms with Crippen molar-refractivity contribution in [3.05, 3.63) is 61.5 Å². The fraction of sp³-hybridized carbons (Fsp3) is 0.188. The Labute approximate surface area is 170 Å². The van der Waals surface area contributed by atoms with Gasteiger partial charge in [-0.1, -0.05) is 17.3 Å². The predicted octanol–water partition coefficient (Wildman–Crippen LogP) is 2.39. The zero-order valence-electron chi connectivity index (χ0n) is 14.0. The zero-order chi connectivity index (χ0) is 19.4. The minimum absolute atomic E-state index is 0.00809. The highest BCUT2D eigenvalue weighted by molar-refractivity contribution is 9.13. The molecule has 2 aromatic heterocycles. The molecule has 140 valence electrons. The smallest absolute Gasteiger partial charge is 0.282 e. The maximum atomic E-state index is 12.2. The Hall–Kier alpha value is -2.53. The van der Waals surface area contributed by atoms with Gasteiger partial charge in [0.15, 0.2) is 5.82 Å². The topological polar surface area (TPSA) is 112 Å². The molecule has 2 heterocycles. The molecule has 0 aliphatic heterocycles. The normalized spacial score (nSPS) is 10.6. The molecular formula is C16H13Br2N5O4. The third kappa shape index (κ3) is 4.61. The van der Waals surface area contributed by atoms with Crippen molar-refractivity contribution in [3.8, 4) is 5.75 Å². The van der Waals surface area contributed by atoms with E-state index in [1.165, 1.54) is 18.0 Å². The van der Waals surface area contributed by atoms with Crippen LogP contribution in [0.4, 0.5) is 5.69 Å². The maximum absolute atomic E-state index is 12.2. The van der Waals surface area contributed by atoms with Gasteiger partial charge in [0, 0.05) is 0 Å². The van der Waals surface area contributed by atoms with E-state index < -0.39 is 0 Å². The average Bonchev–Trinajstić information content (AvgIpc) is 3.09. The molecule has 0 aliphatic rings. The van der Waals surface area contributed by atoms with E-state index >= 15 is 0 Å². The second-order valence-electron chi connectivity index (χ2n) is 5.30. The Balaban J connectivity index is 1.67. The number of carbonyl (C=O) groups excluding carboxylic acids is 1. The summed E-state index contributed by atoms with van der Waals surface area (Å²) in [4.78, 5) is 28.4. The van der Waals surface area contributed by atoms with E-state index in [-0.39, 0.29) is 36.1 Å². The molecular weight excluding hydrogens is 486 g/mol. The van der Waals surface area contributed by atoms with Crippen molar-refractivity contribution < 1.29 is 14.1 Å². The van der Waals surface area contributed by atoms with Crippen molar-refractivity contribution in [2.75, 3.05) is 12.4 Å². The summed E-state index contributed by atoms with van der Waals surface area (Å²) in [7, 11) is 1.52. The Bertz CT molecular complexity index is 1030. The van der Waals surface area contributed by atoms with Gasteiger partial charge in [0.25, 0.3) is 5.56 Å². The lowest BCUT2D eigenvalue weighted by molar-refractivity contribution is -0.115. The van der Waals surface area contributed by atoms with Gasteiger partial charge in [0.2, 0.25) is 11.8 Å². The van der Waals surface area contributed by atoms with Crippen LogP contribution in [0.2, 0.25) is 0 Å². The summed E-state index contributed by atoms with van der Waals surface area (Å²) in [5, 5.41) is 10.5. The average molecular weight is 499 g/mol. The Morgan fingerprint density at radius 2 is 2.11 bits per heavy atom. The molecule has 11 heteroatoms. The van der Waals surface area contributed by atoms with Gasteiger partial charge >= 0.3 is 0 Å². The Kier molecular flexibility index (Phi) is 6.01. The fourth-order valence-corrected chi connectivity index (χ4v) is 2.77. The first-order chi connectivity index (χ1) is 13.0. The number of rotatable bonds is 6. The molecule has 3 aromatic rings. The van der Waals surface area contributed by atoms with Crippen LogP contribution in [0.25, 0.3) is 0 Å². The van der Waals surface area contributed by atoms with E-state index in [4.69, 9.17) is 9.26 Å². The lowest BCUT2D eigenvalue weighted by atomic mass is 10.2. The molecule has 0 atom stereocenters. The van der Waals surface area contributed by atoms with Crippen LogP contribution in [0.1, 0.15) is 11.7 Å². The van der Waals surface area contributed by atoms with Gasteiger partial charge < -0.3 is 14.6 Å². The number of halogens is 2. The van der Waals surface area contributed by atoms with Crippen LogP contribution in [0.5, 0.6) is 5.75 Å². The van der Waals surface area contributed by atoms with Crippen molar-refractivity contribution in [1.82, 2.24) is 19.9 Å². The fourth-order valence-electron chi connectivity index (χ4n) is 2.20. The van der Waals surface area contributed by atoms with Crippen LogP contribution in [0.15, 0.2) is 48.7 Å². The third-order valence-corrected chi connectivity index (χ3v) is 5.34. The molecule has 0 aliphatic carbocycles. The summed E-state index contributed by atoms with van der Waals surface area (Å²) in [5.41, 5.74) is 0.197. The summed E-state index contributed by atoms with van der Waals surface area (Å²) in [6.45, 7) is -0.00809. The summed E-state index contributed by atoms with van der Waals surface area (Å²) in [6, 6.07) is 7.05. The minimum Gasteiger partial charge on any atom is -0.495 e. The van der Waals surface area contributed by atoms with E-state index in [2.05, 4.69) is 52.4 Å². The molecule has 0 saturated carbocycles.